The Morgan fingerprint density at radius 1 is 1.25 bits per heavy atom. The van der Waals surface area contributed by atoms with Gasteiger partial charge >= 0.3 is 0 Å². The van der Waals surface area contributed by atoms with E-state index in [4.69, 9.17) is 9.47 Å². The van der Waals surface area contributed by atoms with Gasteiger partial charge in [0, 0.05) is 6.61 Å². The Balaban J connectivity index is 3.37. The summed E-state index contributed by atoms with van der Waals surface area (Å²) in [5.41, 5.74) is -0.187. The molecule has 0 radical (unpaired) electrons. The van der Waals surface area contributed by atoms with Gasteiger partial charge in [-0.3, -0.25) is 0 Å². The minimum absolute atomic E-state index is 0.187. The molecule has 0 aliphatic heterocycles. The van der Waals surface area contributed by atoms with Gasteiger partial charge < -0.3 is 14.6 Å². The molecule has 0 aromatic heterocycles. The predicted molar refractivity (Wildman–Crippen MR) is 48.2 cm³/mol. The Hall–Kier alpha value is -0.120. The third-order valence-electron chi connectivity index (χ3n) is 1.22. The van der Waals surface area contributed by atoms with Gasteiger partial charge in [-0.2, -0.15) is 0 Å². The minimum atomic E-state index is -0.510. The van der Waals surface area contributed by atoms with Gasteiger partial charge in [0.05, 0.1) is 18.8 Å². The molecule has 3 nitrogen and oxygen atoms in total. The fourth-order valence-electron chi connectivity index (χ4n) is 0.648. The first-order chi connectivity index (χ1) is 5.45. The summed E-state index contributed by atoms with van der Waals surface area (Å²) in [6.07, 6.45) is -0.510. The Labute approximate surface area is 74.7 Å². The zero-order chi connectivity index (χ0) is 9.61. The fourth-order valence-corrected chi connectivity index (χ4v) is 0.648. The molecule has 0 bridgehead atoms. The molecule has 0 fully saturated rings. The van der Waals surface area contributed by atoms with Crippen molar-refractivity contribution in [2.45, 2.75) is 39.4 Å². The third-order valence-corrected chi connectivity index (χ3v) is 1.22. The number of hydrogen-bond donors (Lipinski definition) is 1. The maximum Gasteiger partial charge on any atom is 0.101 e. The van der Waals surface area contributed by atoms with Crippen molar-refractivity contribution in [2.24, 2.45) is 0 Å². The molecule has 0 aliphatic carbocycles. The summed E-state index contributed by atoms with van der Waals surface area (Å²) in [4.78, 5) is 0. The maximum absolute atomic E-state index is 9.29. The van der Waals surface area contributed by atoms with E-state index in [1.807, 2.05) is 27.7 Å². The highest BCUT2D eigenvalue weighted by molar-refractivity contribution is 4.61. The number of ether oxygens (including phenoxy) is 2. The summed E-state index contributed by atoms with van der Waals surface area (Å²) in [6, 6.07) is 0. The van der Waals surface area contributed by atoms with Crippen molar-refractivity contribution in [1.82, 2.24) is 0 Å². The zero-order valence-electron chi connectivity index (χ0n) is 8.46. The lowest BCUT2D eigenvalue weighted by Gasteiger charge is -2.21. The van der Waals surface area contributed by atoms with Crippen LogP contribution in [0.25, 0.3) is 0 Å². The Kier molecular flexibility index (Phi) is 5.46. The quantitative estimate of drug-likeness (QED) is 0.684. The van der Waals surface area contributed by atoms with Gasteiger partial charge in [-0.25, -0.2) is 0 Å². The van der Waals surface area contributed by atoms with Gasteiger partial charge in [0.15, 0.2) is 0 Å². The molecular formula is C9H20O3. The Morgan fingerprint density at radius 3 is 2.25 bits per heavy atom. The monoisotopic (exact) mass is 176 g/mol. The van der Waals surface area contributed by atoms with Crippen molar-refractivity contribution in [2.75, 3.05) is 19.8 Å². The zero-order valence-corrected chi connectivity index (χ0v) is 8.46. The van der Waals surface area contributed by atoms with Crippen LogP contribution in [-0.2, 0) is 9.47 Å². The molecular weight excluding hydrogens is 156 g/mol. The number of hydrogen-bond acceptors (Lipinski definition) is 3. The molecule has 12 heavy (non-hydrogen) atoms. The molecule has 3 heteroatoms. The summed E-state index contributed by atoms with van der Waals surface area (Å²) in [5.74, 6) is 0. The van der Waals surface area contributed by atoms with Gasteiger partial charge in [-0.05, 0) is 27.7 Å². The summed E-state index contributed by atoms with van der Waals surface area (Å²) in [6.45, 7) is 9.10. The smallest absolute Gasteiger partial charge is 0.101 e. The van der Waals surface area contributed by atoms with Crippen LogP contribution in [0.5, 0.6) is 0 Å². The van der Waals surface area contributed by atoms with Crippen LogP contribution in [0, 0.1) is 0 Å². The van der Waals surface area contributed by atoms with E-state index in [-0.39, 0.29) is 5.60 Å². The Bertz CT molecular complexity index is 107. The van der Waals surface area contributed by atoms with Crippen LogP contribution >= 0.6 is 0 Å². The van der Waals surface area contributed by atoms with E-state index in [0.717, 1.165) is 0 Å². The molecule has 1 atom stereocenters. The number of aliphatic hydroxyl groups is 1. The molecule has 0 aromatic rings. The average molecular weight is 176 g/mol. The molecule has 0 amide bonds. The van der Waals surface area contributed by atoms with Crippen LogP contribution in [0.1, 0.15) is 27.7 Å². The van der Waals surface area contributed by atoms with Crippen molar-refractivity contribution in [1.29, 1.82) is 0 Å². The second-order valence-electron chi connectivity index (χ2n) is 3.74. The van der Waals surface area contributed by atoms with E-state index in [2.05, 4.69) is 0 Å². The standard InChI is InChI=1S/C9H20O3/c1-5-11-6-8(10)7-12-9(2,3)4/h8,10H,5-7H2,1-4H3. The molecule has 0 aromatic carbocycles. The topological polar surface area (TPSA) is 38.7 Å². The van der Waals surface area contributed by atoms with E-state index < -0.39 is 6.10 Å². The lowest BCUT2D eigenvalue weighted by atomic mass is 10.2. The molecule has 0 aliphatic rings. The molecule has 1 unspecified atom stereocenters. The summed E-state index contributed by atoms with van der Waals surface area (Å²) >= 11 is 0. The second kappa shape index (κ2) is 5.51. The fraction of sp³-hybridized carbons (Fsp3) is 1.00. The lowest BCUT2D eigenvalue weighted by Crippen LogP contribution is -2.28. The average Bonchev–Trinajstić information content (AvgIpc) is 1.95. The van der Waals surface area contributed by atoms with Crippen molar-refractivity contribution in [3.05, 3.63) is 0 Å². The van der Waals surface area contributed by atoms with Gasteiger partial charge in [0.25, 0.3) is 0 Å². The van der Waals surface area contributed by atoms with Gasteiger partial charge in [-0.15, -0.1) is 0 Å². The summed E-state index contributed by atoms with van der Waals surface area (Å²) in [5, 5.41) is 9.29. The van der Waals surface area contributed by atoms with Crippen LogP contribution in [0.3, 0.4) is 0 Å². The second-order valence-corrected chi connectivity index (χ2v) is 3.74. The van der Waals surface area contributed by atoms with Crippen LogP contribution in [0.2, 0.25) is 0 Å². The molecule has 74 valence electrons. The SMILES string of the molecule is CCOCC(O)COC(C)(C)C. The largest absolute Gasteiger partial charge is 0.388 e. The van der Waals surface area contributed by atoms with Crippen molar-refractivity contribution in [3.8, 4) is 0 Å². The van der Waals surface area contributed by atoms with Crippen LogP contribution in [0.15, 0.2) is 0 Å². The first-order valence-corrected chi connectivity index (χ1v) is 4.35. The lowest BCUT2D eigenvalue weighted by molar-refractivity contribution is -0.0702. The van der Waals surface area contributed by atoms with Crippen molar-refractivity contribution >= 4 is 0 Å². The van der Waals surface area contributed by atoms with Crippen LogP contribution < -0.4 is 0 Å². The maximum atomic E-state index is 9.29. The van der Waals surface area contributed by atoms with Crippen LogP contribution in [-0.4, -0.2) is 36.6 Å². The highest BCUT2D eigenvalue weighted by Crippen LogP contribution is 2.06. The number of rotatable bonds is 5. The van der Waals surface area contributed by atoms with E-state index >= 15 is 0 Å². The van der Waals surface area contributed by atoms with E-state index in [1.54, 1.807) is 0 Å². The molecule has 0 heterocycles. The van der Waals surface area contributed by atoms with Crippen LogP contribution in [0.4, 0.5) is 0 Å². The molecule has 0 spiro atoms. The van der Waals surface area contributed by atoms with E-state index in [1.165, 1.54) is 0 Å². The van der Waals surface area contributed by atoms with E-state index in [9.17, 15) is 5.11 Å². The Morgan fingerprint density at radius 2 is 1.83 bits per heavy atom. The highest BCUT2D eigenvalue weighted by atomic mass is 16.5. The summed E-state index contributed by atoms with van der Waals surface area (Å²) in [7, 11) is 0. The van der Waals surface area contributed by atoms with Gasteiger partial charge in [0.2, 0.25) is 0 Å². The number of aliphatic hydroxyl groups excluding tert-OH is 1. The molecule has 0 saturated heterocycles. The molecule has 1 N–H and O–H groups in total. The van der Waals surface area contributed by atoms with E-state index in [0.29, 0.717) is 19.8 Å². The molecule has 0 rings (SSSR count). The third kappa shape index (κ3) is 7.98. The highest BCUT2D eigenvalue weighted by Gasteiger charge is 2.13. The normalized spacial score (nSPS) is 14.8. The van der Waals surface area contributed by atoms with Gasteiger partial charge in [-0.1, -0.05) is 0 Å². The minimum Gasteiger partial charge on any atom is -0.388 e. The van der Waals surface area contributed by atoms with Crippen molar-refractivity contribution < 1.29 is 14.6 Å². The van der Waals surface area contributed by atoms with Gasteiger partial charge in [0.1, 0.15) is 6.10 Å². The summed E-state index contributed by atoms with van der Waals surface area (Å²) < 4.78 is 10.4. The first-order valence-electron chi connectivity index (χ1n) is 4.35. The molecule has 0 saturated carbocycles. The first kappa shape index (κ1) is 11.9. The predicted octanol–water partition coefficient (Wildman–Crippen LogP) is 1.20. The van der Waals surface area contributed by atoms with Crippen molar-refractivity contribution in [3.63, 3.8) is 0 Å².